The summed E-state index contributed by atoms with van der Waals surface area (Å²) in [6.07, 6.45) is 12.0. The quantitative estimate of drug-likeness (QED) is 0.838. The van der Waals surface area contributed by atoms with Crippen molar-refractivity contribution in [3.05, 3.63) is 34.7 Å². The number of aliphatic hydroxyl groups is 1. The van der Waals surface area contributed by atoms with Gasteiger partial charge in [-0.15, -0.1) is 0 Å². The minimum atomic E-state index is -0.0469. The van der Waals surface area contributed by atoms with E-state index in [-0.39, 0.29) is 24.3 Å². The van der Waals surface area contributed by atoms with Crippen LogP contribution >= 0.6 is 0 Å². The Morgan fingerprint density at radius 2 is 1.71 bits per heavy atom. The number of H-pyrrole nitrogens is 1. The highest BCUT2D eigenvalue weighted by atomic mass is 16.3. The van der Waals surface area contributed by atoms with E-state index in [1.807, 2.05) is 28.8 Å². The molecule has 28 heavy (non-hydrogen) atoms. The van der Waals surface area contributed by atoms with Crippen LogP contribution in [0.25, 0.3) is 11.0 Å². The summed E-state index contributed by atoms with van der Waals surface area (Å²) in [6, 6.07) is 7.96. The van der Waals surface area contributed by atoms with Gasteiger partial charge < -0.3 is 15.0 Å². The van der Waals surface area contributed by atoms with Gasteiger partial charge in [0.05, 0.1) is 11.0 Å². The number of nitrogens with zero attached hydrogens (tertiary/aromatic N) is 2. The van der Waals surface area contributed by atoms with Crippen LogP contribution in [0.4, 0.5) is 0 Å². The zero-order valence-electron chi connectivity index (χ0n) is 17.0. The minimum Gasteiger partial charge on any atom is -0.396 e. The molecule has 1 aromatic carbocycles. The summed E-state index contributed by atoms with van der Waals surface area (Å²) in [5.74, 6) is 0.909. The van der Waals surface area contributed by atoms with E-state index in [2.05, 4.69) is 9.88 Å². The van der Waals surface area contributed by atoms with E-state index in [4.69, 9.17) is 0 Å². The van der Waals surface area contributed by atoms with E-state index >= 15 is 0 Å². The Morgan fingerprint density at radius 3 is 2.46 bits per heavy atom. The first kappa shape index (κ1) is 19.7. The first-order valence-corrected chi connectivity index (χ1v) is 11.3. The number of benzene rings is 1. The Morgan fingerprint density at radius 1 is 1.00 bits per heavy atom. The molecule has 1 saturated heterocycles. The molecule has 1 saturated carbocycles. The SMILES string of the molecule is O=c1[nH]c2ccccc2n1C1CCN(CC2CCCCCCCC2)CC1CO. The maximum Gasteiger partial charge on any atom is 0.326 e. The summed E-state index contributed by atoms with van der Waals surface area (Å²) in [5.41, 5.74) is 1.80. The lowest BCUT2D eigenvalue weighted by Gasteiger charge is -2.39. The number of hydrogen-bond acceptors (Lipinski definition) is 3. The average Bonchev–Trinajstić information content (AvgIpc) is 3.10. The average molecular weight is 386 g/mol. The number of likely N-dealkylation sites (tertiary alicyclic amines) is 1. The fourth-order valence-electron chi connectivity index (χ4n) is 5.45. The van der Waals surface area contributed by atoms with Gasteiger partial charge in [-0.25, -0.2) is 4.79 Å². The predicted molar refractivity (Wildman–Crippen MR) is 114 cm³/mol. The van der Waals surface area contributed by atoms with Crippen LogP contribution in [0.1, 0.15) is 63.8 Å². The molecule has 0 bridgehead atoms. The fraction of sp³-hybridized carbons (Fsp3) is 0.696. The van der Waals surface area contributed by atoms with Crippen LogP contribution in [-0.2, 0) is 0 Å². The van der Waals surface area contributed by atoms with Crippen molar-refractivity contribution in [2.75, 3.05) is 26.2 Å². The third-order valence-electron chi connectivity index (χ3n) is 6.96. The van der Waals surface area contributed by atoms with E-state index in [0.717, 1.165) is 43.0 Å². The minimum absolute atomic E-state index is 0.0469. The van der Waals surface area contributed by atoms with Gasteiger partial charge in [-0.05, 0) is 37.3 Å². The topological polar surface area (TPSA) is 61.3 Å². The van der Waals surface area contributed by atoms with Gasteiger partial charge >= 0.3 is 5.69 Å². The molecule has 1 aliphatic carbocycles. The second-order valence-corrected chi connectivity index (χ2v) is 8.94. The molecule has 4 rings (SSSR count). The van der Waals surface area contributed by atoms with E-state index in [9.17, 15) is 9.90 Å². The standard InChI is InChI=1S/C23H35N3O2/c27-17-19-16-25(15-18-9-5-3-1-2-4-6-10-18)14-13-21(19)26-22-12-8-7-11-20(22)24-23(26)28/h7-8,11-12,18-19,21,27H,1-6,9-10,13-17H2,(H,24,28). The lowest BCUT2D eigenvalue weighted by Crippen LogP contribution is -2.46. The van der Waals surface area contributed by atoms with Crippen LogP contribution < -0.4 is 5.69 Å². The second-order valence-electron chi connectivity index (χ2n) is 8.94. The lowest BCUT2D eigenvalue weighted by molar-refractivity contribution is 0.0657. The number of hydrogen-bond donors (Lipinski definition) is 2. The van der Waals surface area contributed by atoms with E-state index in [1.165, 1.54) is 51.4 Å². The Balaban J connectivity index is 1.45. The molecule has 5 heteroatoms. The molecule has 1 aromatic heterocycles. The summed E-state index contributed by atoms with van der Waals surface area (Å²) >= 11 is 0. The third-order valence-corrected chi connectivity index (χ3v) is 6.96. The third kappa shape index (κ3) is 4.36. The fourth-order valence-corrected chi connectivity index (χ4v) is 5.45. The number of nitrogens with one attached hydrogen (secondary N) is 1. The predicted octanol–water partition coefficient (Wildman–Crippen LogP) is 3.94. The van der Waals surface area contributed by atoms with E-state index in [0.29, 0.717) is 0 Å². The van der Waals surface area contributed by atoms with Gasteiger partial charge in [-0.3, -0.25) is 4.57 Å². The molecule has 2 N–H and O–H groups in total. The van der Waals surface area contributed by atoms with Crippen molar-refractivity contribution in [2.45, 2.75) is 63.8 Å². The summed E-state index contributed by atoms with van der Waals surface area (Å²) in [4.78, 5) is 18.1. The van der Waals surface area contributed by atoms with Crippen LogP contribution in [0.5, 0.6) is 0 Å². The zero-order chi connectivity index (χ0) is 19.3. The maximum absolute atomic E-state index is 12.6. The molecule has 2 atom stereocenters. The van der Waals surface area contributed by atoms with E-state index in [1.54, 1.807) is 0 Å². The summed E-state index contributed by atoms with van der Waals surface area (Å²) in [7, 11) is 0. The molecule has 5 nitrogen and oxygen atoms in total. The molecule has 2 heterocycles. The Bertz CT molecular complexity index is 802. The normalized spacial score (nSPS) is 26.0. The Kier molecular flexibility index (Phi) is 6.53. The molecule has 0 amide bonds. The first-order chi connectivity index (χ1) is 13.8. The highest BCUT2D eigenvalue weighted by molar-refractivity contribution is 5.75. The molecular weight excluding hydrogens is 350 g/mol. The Labute approximate surface area is 167 Å². The number of piperidine rings is 1. The molecule has 2 aromatic rings. The lowest BCUT2D eigenvalue weighted by atomic mass is 9.90. The van der Waals surface area contributed by atoms with Crippen molar-refractivity contribution in [2.24, 2.45) is 11.8 Å². The number of para-hydroxylation sites is 2. The van der Waals surface area contributed by atoms with Crippen LogP contribution in [0.15, 0.2) is 29.1 Å². The van der Waals surface area contributed by atoms with Gasteiger partial charge in [-0.1, -0.05) is 50.7 Å². The van der Waals surface area contributed by atoms with E-state index < -0.39 is 0 Å². The molecule has 0 spiro atoms. The van der Waals surface area contributed by atoms with Gasteiger partial charge in [0, 0.05) is 38.2 Å². The largest absolute Gasteiger partial charge is 0.396 e. The number of fused-ring (bicyclic) bond motifs is 1. The van der Waals surface area contributed by atoms with Gasteiger partial charge in [0.15, 0.2) is 0 Å². The van der Waals surface area contributed by atoms with Crippen molar-refractivity contribution >= 4 is 11.0 Å². The van der Waals surface area contributed by atoms with Crippen LogP contribution in [0.2, 0.25) is 0 Å². The molecule has 154 valence electrons. The maximum atomic E-state index is 12.6. The van der Waals surface area contributed by atoms with Crippen LogP contribution in [0, 0.1) is 11.8 Å². The van der Waals surface area contributed by atoms with Crippen molar-refractivity contribution < 1.29 is 5.11 Å². The van der Waals surface area contributed by atoms with Gasteiger partial charge in [0.2, 0.25) is 0 Å². The van der Waals surface area contributed by atoms with Crippen LogP contribution in [-0.4, -0.2) is 45.8 Å². The summed E-state index contributed by atoms with van der Waals surface area (Å²) < 4.78 is 1.90. The smallest absolute Gasteiger partial charge is 0.326 e. The van der Waals surface area contributed by atoms with Gasteiger partial charge in [-0.2, -0.15) is 0 Å². The highest BCUT2D eigenvalue weighted by Crippen LogP contribution is 2.31. The number of imidazole rings is 1. The van der Waals surface area contributed by atoms with Crippen molar-refractivity contribution in [1.82, 2.24) is 14.5 Å². The number of aromatic nitrogens is 2. The Hall–Kier alpha value is -1.59. The summed E-state index contributed by atoms with van der Waals surface area (Å²) in [6.45, 7) is 3.21. The van der Waals surface area contributed by atoms with Crippen molar-refractivity contribution in [3.8, 4) is 0 Å². The first-order valence-electron chi connectivity index (χ1n) is 11.3. The highest BCUT2D eigenvalue weighted by Gasteiger charge is 2.32. The molecule has 2 fully saturated rings. The molecular formula is C23H35N3O2. The van der Waals surface area contributed by atoms with Gasteiger partial charge in [0.1, 0.15) is 0 Å². The number of rotatable bonds is 4. The molecule has 2 unspecified atom stereocenters. The van der Waals surface area contributed by atoms with Gasteiger partial charge in [0.25, 0.3) is 0 Å². The zero-order valence-corrected chi connectivity index (χ0v) is 17.0. The summed E-state index contributed by atoms with van der Waals surface area (Å²) in [5, 5.41) is 10.1. The molecule has 2 aliphatic rings. The second kappa shape index (κ2) is 9.27. The number of aliphatic hydroxyl groups excluding tert-OH is 1. The van der Waals surface area contributed by atoms with Crippen molar-refractivity contribution in [1.29, 1.82) is 0 Å². The monoisotopic (exact) mass is 385 g/mol. The van der Waals surface area contributed by atoms with Crippen molar-refractivity contribution in [3.63, 3.8) is 0 Å². The molecule has 1 aliphatic heterocycles. The molecule has 0 radical (unpaired) electrons. The number of aromatic amines is 1. The van der Waals surface area contributed by atoms with Crippen LogP contribution in [0.3, 0.4) is 0 Å².